The normalized spacial score (nSPS) is 26.1. The van der Waals surface area contributed by atoms with E-state index in [2.05, 4.69) is 25.9 Å². The molecule has 2 aliphatic rings. The molecule has 0 aliphatic carbocycles. The van der Waals surface area contributed by atoms with Gasteiger partial charge in [0.05, 0.1) is 5.69 Å². The highest BCUT2D eigenvalue weighted by Gasteiger charge is 2.37. The molecule has 1 aromatic heterocycles. The Morgan fingerprint density at radius 3 is 2.52 bits per heavy atom. The zero-order valence-electron chi connectivity index (χ0n) is 13.5. The molecule has 0 unspecified atom stereocenters. The summed E-state index contributed by atoms with van der Waals surface area (Å²) in [6.45, 7) is 10.7. The maximum Gasteiger partial charge on any atom is 0.497 e. The van der Waals surface area contributed by atoms with Crippen LogP contribution in [-0.4, -0.2) is 36.7 Å². The van der Waals surface area contributed by atoms with Crippen LogP contribution in [-0.2, 0) is 14.0 Å². The second-order valence-electron chi connectivity index (χ2n) is 6.97. The minimum Gasteiger partial charge on any atom is -0.407 e. The Labute approximate surface area is 127 Å². The van der Waals surface area contributed by atoms with Crippen LogP contribution in [0.5, 0.6) is 0 Å². The molecular weight excluding hydrogens is 267 g/mol. The molecule has 3 rings (SSSR count). The van der Waals surface area contributed by atoms with Gasteiger partial charge in [0, 0.05) is 36.4 Å². The van der Waals surface area contributed by atoms with Crippen molar-refractivity contribution in [3.63, 3.8) is 0 Å². The first-order valence-corrected chi connectivity index (χ1v) is 7.88. The van der Waals surface area contributed by atoms with E-state index in [1.165, 1.54) is 6.42 Å². The van der Waals surface area contributed by atoms with E-state index in [0.29, 0.717) is 13.2 Å². The Balaban J connectivity index is 1.81. The van der Waals surface area contributed by atoms with Gasteiger partial charge in [-0.05, 0) is 33.1 Å². The summed E-state index contributed by atoms with van der Waals surface area (Å²) < 4.78 is 19.7. The average molecular weight is 292 g/mol. The van der Waals surface area contributed by atoms with E-state index >= 15 is 0 Å². The minimum absolute atomic E-state index is 0.0613. The summed E-state index contributed by atoms with van der Waals surface area (Å²) in [7, 11) is -0.296. The van der Waals surface area contributed by atoms with Crippen molar-refractivity contribution in [3.05, 3.63) is 11.4 Å². The van der Waals surface area contributed by atoms with E-state index in [1.807, 2.05) is 11.6 Å². The molecule has 1 aromatic rings. The molecule has 1 atom stereocenters. The van der Waals surface area contributed by atoms with Gasteiger partial charge in [0.15, 0.2) is 0 Å². The van der Waals surface area contributed by atoms with Crippen molar-refractivity contribution in [1.29, 1.82) is 0 Å². The van der Waals surface area contributed by atoms with Gasteiger partial charge >= 0.3 is 7.12 Å². The third-order valence-electron chi connectivity index (χ3n) is 4.30. The average Bonchev–Trinajstić information content (AvgIpc) is 2.76. The van der Waals surface area contributed by atoms with Crippen LogP contribution < -0.4 is 5.46 Å². The molecule has 0 saturated carbocycles. The highest BCUT2D eigenvalue weighted by Crippen LogP contribution is 2.25. The molecule has 0 N–H and O–H groups in total. The smallest absolute Gasteiger partial charge is 0.407 e. The molecule has 2 saturated heterocycles. The van der Waals surface area contributed by atoms with E-state index in [0.717, 1.165) is 36.3 Å². The lowest BCUT2D eigenvalue weighted by molar-refractivity contribution is -0.0407. The lowest BCUT2D eigenvalue weighted by Gasteiger charge is -2.33. The number of hydrogen-bond acceptors (Lipinski definition) is 4. The van der Waals surface area contributed by atoms with Crippen LogP contribution in [0.3, 0.4) is 0 Å². The van der Waals surface area contributed by atoms with Gasteiger partial charge in [-0.25, -0.2) is 4.68 Å². The molecular formula is C15H25BN2O3. The van der Waals surface area contributed by atoms with Crippen LogP contribution in [0.1, 0.15) is 50.7 Å². The van der Waals surface area contributed by atoms with Crippen molar-refractivity contribution in [3.8, 4) is 0 Å². The highest BCUT2D eigenvalue weighted by atomic mass is 16.6. The van der Waals surface area contributed by atoms with E-state index in [4.69, 9.17) is 14.0 Å². The maximum absolute atomic E-state index is 5.93. The Kier molecular flexibility index (Phi) is 4.12. The molecule has 0 aromatic carbocycles. The number of aromatic nitrogens is 2. The predicted octanol–water partition coefficient (Wildman–Crippen LogP) is 1.97. The molecule has 2 fully saturated rings. The Hall–Kier alpha value is -0.845. The summed E-state index contributed by atoms with van der Waals surface area (Å²) >= 11 is 0. The molecule has 6 heteroatoms. The van der Waals surface area contributed by atoms with Crippen molar-refractivity contribution in [2.24, 2.45) is 5.41 Å². The van der Waals surface area contributed by atoms with Gasteiger partial charge in [0.25, 0.3) is 0 Å². The van der Waals surface area contributed by atoms with Gasteiger partial charge in [-0.2, -0.15) is 5.10 Å². The van der Waals surface area contributed by atoms with Crippen molar-refractivity contribution in [2.45, 2.75) is 53.2 Å². The van der Waals surface area contributed by atoms with Gasteiger partial charge in [-0.15, -0.1) is 0 Å². The second-order valence-corrected chi connectivity index (χ2v) is 6.97. The first-order chi connectivity index (χ1) is 9.98. The fraction of sp³-hybridized carbons (Fsp3) is 0.800. The standard InChI is InChI=1S/C15H25BN2O3/c1-11-14(16-20-9-15(3,4)10-21-16)12(2)18(17-11)13-7-5-6-8-19-13/h13H,5-10H2,1-4H3/t13-/m0/s1. The zero-order chi connectivity index (χ0) is 15.0. The Morgan fingerprint density at radius 1 is 1.19 bits per heavy atom. The Bertz CT molecular complexity index is 499. The molecule has 116 valence electrons. The third-order valence-corrected chi connectivity index (χ3v) is 4.30. The summed E-state index contributed by atoms with van der Waals surface area (Å²) in [6, 6.07) is 0. The third kappa shape index (κ3) is 3.03. The van der Waals surface area contributed by atoms with Crippen LogP contribution in [0, 0.1) is 19.3 Å². The maximum atomic E-state index is 5.93. The van der Waals surface area contributed by atoms with Crippen LogP contribution in [0.2, 0.25) is 0 Å². The van der Waals surface area contributed by atoms with E-state index < -0.39 is 0 Å². The first kappa shape index (κ1) is 15.1. The molecule has 0 spiro atoms. The fourth-order valence-corrected chi connectivity index (χ4v) is 3.07. The van der Waals surface area contributed by atoms with Crippen LogP contribution in [0.4, 0.5) is 0 Å². The minimum atomic E-state index is -0.296. The lowest BCUT2D eigenvalue weighted by Crippen LogP contribution is -2.48. The van der Waals surface area contributed by atoms with Crippen LogP contribution >= 0.6 is 0 Å². The largest absolute Gasteiger partial charge is 0.497 e. The van der Waals surface area contributed by atoms with Gasteiger partial charge in [-0.3, -0.25) is 0 Å². The SMILES string of the molecule is Cc1nn([C@@H]2CCCCO2)c(C)c1B1OCC(C)(C)CO1. The van der Waals surface area contributed by atoms with Gasteiger partial charge < -0.3 is 14.0 Å². The van der Waals surface area contributed by atoms with E-state index in [1.54, 1.807) is 0 Å². The number of nitrogens with zero attached hydrogens (tertiary/aromatic N) is 2. The van der Waals surface area contributed by atoms with Gasteiger partial charge in [0.1, 0.15) is 6.23 Å². The molecule has 3 heterocycles. The molecule has 5 nitrogen and oxygen atoms in total. The van der Waals surface area contributed by atoms with Crippen molar-refractivity contribution >= 4 is 12.6 Å². The number of aryl methyl sites for hydroxylation is 1. The van der Waals surface area contributed by atoms with Crippen molar-refractivity contribution in [1.82, 2.24) is 9.78 Å². The predicted molar refractivity (Wildman–Crippen MR) is 81.6 cm³/mol. The van der Waals surface area contributed by atoms with Gasteiger partial charge in [0.2, 0.25) is 0 Å². The number of hydrogen-bond donors (Lipinski definition) is 0. The van der Waals surface area contributed by atoms with Gasteiger partial charge in [-0.1, -0.05) is 13.8 Å². The Morgan fingerprint density at radius 2 is 1.90 bits per heavy atom. The molecule has 0 bridgehead atoms. The summed E-state index contributed by atoms with van der Waals surface area (Å²) in [5.74, 6) is 0. The summed E-state index contributed by atoms with van der Waals surface area (Å²) in [4.78, 5) is 0. The first-order valence-electron chi connectivity index (χ1n) is 7.88. The summed E-state index contributed by atoms with van der Waals surface area (Å²) in [5.41, 5.74) is 3.23. The highest BCUT2D eigenvalue weighted by molar-refractivity contribution is 6.62. The second kappa shape index (κ2) is 5.74. The quantitative estimate of drug-likeness (QED) is 0.782. The lowest BCUT2D eigenvalue weighted by atomic mass is 9.74. The van der Waals surface area contributed by atoms with Crippen molar-refractivity contribution < 1.29 is 14.0 Å². The van der Waals surface area contributed by atoms with E-state index in [-0.39, 0.29) is 18.8 Å². The summed E-state index contributed by atoms with van der Waals surface area (Å²) in [6.07, 6.45) is 3.43. The monoisotopic (exact) mass is 292 g/mol. The fourth-order valence-electron chi connectivity index (χ4n) is 3.07. The molecule has 21 heavy (non-hydrogen) atoms. The molecule has 2 aliphatic heterocycles. The molecule has 0 radical (unpaired) electrons. The van der Waals surface area contributed by atoms with Crippen molar-refractivity contribution in [2.75, 3.05) is 19.8 Å². The van der Waals surface area contributed by atoms with Crippen LogP contribution in [0.15, 0.2) is 0 Å². The zero-order valence-corrected chi connectivity index (χ0v) is 13.5. The summed E-state index contributed by atoms with van der Waals surface area (Å²) in [5, 5.41) is 4.68. The molecule has 0 amide bonds. The van der Waals surface area contributed by atoms with E-state index in [9.17, 15) is 0 Å². The topological polar surface area (TPSA) is 45.5 Å². The van der Waals surface area contributed by atoms with Crippen LogP contribution in [0.25, 0.3) is 0 Å². The number of ether oxygens (including phenoxy) is 1. The number of rotatable bonds is 2.